The molecule has 0 aliphatic heterocycles. The van der Waals surface area contributed by atoms with E-state index in [1.54, 1.807) is 6.92 Å². The fourth-order valence-electron chi connectivity index (χ4n) is 2.53. The van der Waals surface area contributed by atoms with Crippen molar-refractivity contribution in [2.24, 2.45) is 0 Å². The molecule has 152 valence electrons. The molecule has 0 saturated carbocycles. The summed E-state index contributed by atoms with van der Waals surface area (Å²) in [4.78, 5) is 15.9. The predicted octanol–water partition coefficient (Wildman–Crippen LogP) is 4.13. The quantitative estimate of drug-likeness (QED) is 0.467. The van der Waals surface area contributed by atoms with Gasteiger partial charge in [-0.1, -0.05) is 11.6 Å². The largest absolute Gasteiger partial charge is 0.507 e. The van der Waals surface area contributed by atoms with Crippen LogP contribution in [0, 0.1) is 12.7 Å². The van der Waals surface area contributed by atoms with Gasteiger partial charge in [-0.25, -0.2) is 9.37 Å². The standard InChI is InChI=1S/C17H12ClF4N5O2/c1-6-13(14(18)27-26-6)25-16(29)8-4-10(19)7(5-12(8)28)11-3-2-9(15(23)24-11)17(20,21)22/h2-5,28H,1H3,(H2,23,24)(H,25,29)(H,26,27). The van der Waals surface area contributed by atoms with Gasteiger partial charge in [-0.2, -0.15) is 18.3 Å². The Morgan fingerprint density at radius 3 is 2.55 bits per heavy atom. The van der Waals surface area contributed by atoms with E-state index in [0.717, 1.165) is 18.2 Å². The third-order valence-electron chi connectivity index (χ3n) is 3.98. The average Bonchev–Trinajstić information content (AvgIpc) is 2.94. The Bertz CT molecular complexity index is 1090. The Morgan fingerprint density at radius 2 is 2.00 bits per heavy atom. The zero-order valence-electron chi connectivity index (χ0n) is 14.5. The number of anilines is 2. The molecule has 3 rings (SSSR count). The number of aromatic amines is 1. The van der Waals surface area contributed by atoms with Crippen LogP contribution in [0.4, 0.5) is 29.1 Å². The number of hydrogen-bond acceptors (Lipinski definition) is 5. The van der Waals surface area contributed by atoms with Gasteiger partial charge in [0.15, 0.2) is 0 Å². The fraction of sp³-hybridized carbons (Fsp3) is 0.118. The maximum absolute atomic E-state index is 14.5. The van der Waals surface area contributed by atoms with Gasteiger partial charge in [-0.3, -0.25) is 9.89 Å². The summed E-state index contributed by atoms with van der Waals surface area (Å²) in [5.74, 6) is -3.36. The summed E-state index contributed by atoms with van der Waals surface area (Å²) in [5.41, 5.74) is 3.65. The van der Waals surface area contributed by atoms with Crippen LogP contribution < -0.4 is 11.1 Å². The molecule has 0 fully saturated rings. The Kier molecular flexibility index (Phi) is 5.09. The monoisotopic (exact) mass is 429 g/mol. The van der Waals surface area contributed by atoms with E-state index in [-0.39, 0.29) is 22.1 Å². The van der Waals surface area contributed by atoms with Crippen LogP contribution in [-0.2, 0) is 6.18 Å². The smallest absolute Gasteiger partial charge is 0.419 e. The number of amides is 1. The van der Waals surface area contributed by atoms with Gasteiger partial charge in [-0.15, -0.1) is 0 Å². The number of alkyl halides is 3. The minimum Gasteiger partial charge on any atom is -0.507 e. The highest BCUT2D eigenvalue weighted by atomic mass is 35.5. The number of hydrogen-bond donors (Lipinski definition) is 4. The van der Waals surface area contributed by atoms with Gasteiger partial charge in [0.05, 0.1) is 22.5 Å². The maximum atomic E-state index is 14.5. The first-order chi connectivity index (χ1) is 13.5. The molecule has 0 radical (unpaired) electrons. The number of aryl methyl sites for hydroxylation is 1. The molecular weight excluding hydrogens is 418 g/mol. The highest BCUT2D eigenvalue weighted by Crippen LogP contribution is 2.35. The van der Waals surface area contributed by atoms with Crippen molar-refractivity contribution in [3.63, 3.8) is 0 Å². The van der Waals surface area contributed by atoms with Crippen LogP contribution in [0.15, 0.2) is 24.3 Å². The molecule has 0 aliphatic carbocycles. The van der Waals surface area contributed by atoms with Crippen molar-refractivity contribution in [2.45, 2.75) is 13.1 Å². The zero-order chi connectivity index (χ0) is 21.5. The molecule has 1 aromatic carbocycles. The number of rotatable bonds is 3. The van der Waals surface area contributed by atoms with E-state index in [9.17, 15) is 27.5 Å². The lowest BCUT2D eigenvalue weighted by atomic mass is 10.0. The Hall–Kier alpha value is -3.34. The number of nitrogens with two attached hydrogens (primary N) is 1. The minimum atomic E-state index is -4.72. The van der Waals surface area contributed by atoms with Gasteiger partial charge in [0, 0.05) is 5.56 Å². The number of pyridine rings is 1. The molecule has 2 heterocycles. The van der Waals surface area contributed by atoms with Crippen molar-refractivity contribution in [3.05, 3.63) is 52.1 Å². The second-order valence-corrected chi connectivity index (χ2v) is 6.31. The molecule has 29 heavy (non-hydrogen) atoms. The lowest BCUT2D eigenvalue weighted by Gasteiger charge is -2.12. The van der Waals surface area contributed by atoms with Crippen LogP contribution in [0.1, 0.15) is 21.6 Å². The van der Waals surface area contributed by atoms with E-state index < -0.39 is 40.6 Å². The first-order valence-corrected chi connectivity index (χ1v) is 8.25. The number of H-pyrrole nitrogens is 1. The molecular formula is C17H12ClF4N5O2. The molecule has 5 N–H and O–H groups in total. The molecule has 2 aromatic heterocycles. The van der Waals surface area contributed by atoms with Gasteiger partial charge >= 0.3 is 6.18 Å². The molecule has 0 unspecified atom stereocenters. The molecule has 3 aromatic rings. The van der Waals surface area contributed by atoms with Gasteiger partial charge in [0.25, 0.3) is 5.91 Å². The van der Waals surface area contributed by atoms with Gasteiger partial charge in [0.2, 0.25) is 0 Å². The summed E-state index contributed by atoms with van der Waals surface area (Å²) in [6, 6.07) is 3.14. The first kappa shape index (κ1) is 20.4. The highest BCUT2D eigenvalue weighted by molar-refractivity contribution is 6.33. The van der Waals surface area contributed by atoms with Gasteiger partial charge < -0.3 is 16.2 Å². The number of carbonyl (C=O) groups excluding carboxylic acids is 1. The second-order valence-electron chi connectivity index (χ2n) is 5.93. The zero-order valence-corrected chi connectivity index (χ0v) is 15.3. The number of aromatic nitrogens is 3. The average molecular weight is 430 g/mol. The molecule has 0 aliphatic rings. The summed E-state index contributed by atoms with van der Waals surface area (Å²) in [6.45, 7) is 1.56. The number of nitrogens with one attached hydrogen (secondary N) is 2. The van der Waals surface area contributed by atoms with Crippen LogP contribution in [0.3, 0.4) is 0 Å². The van der Waals surface area contributed by atoms with Crippen molar-refractivity contribution in [1.29, 1.82) is 0 Å². The lowest BCUT2D eigenvalue weighted by Crippen LogP contribution is -2.13. The van der Waals surface area contributed by atoms with Gasteiger partial charge in [0.1, 0.15) is 28.2 Å². The third-order valence-corrected chi connectivity index (χ3v) is 4.25. The second kappa shape index (κ2) is 7.24. The van der Waals surface area contributed by atoms with Gasteiger partial charge in [-0.05, 0) is 31.2 Å². The van der Waals surface area contributed by atoms with Crippen LogP contribution >= 0.6 is 11.6 Å². The van der Waals surface area contributed by atoms with E-state index in [2.05, 4.69) is 20.5 Å². The SMILES string of the molecule is Cc1n[nH]c(Cl)c1NC(=O)c1cc(F)c(-c2ccc(C(F)(F)F)c(N)n2)cc1O. The topological polar surface area (TPSA) is 117 Å². The Labute approximate surface area is 165 Å². The maximum Gasteiger partial charge on any atom is 0.419 e. The molecule has 0 spiro atoms. The molecule has 0 saturated heterocycles. The first-order valence-electron chi connectivity index (χ1n) is 7.87. The molecule has 0 atom stereocenters. The summed E-state index contributed by atoms with van der Waals surface area (Å²) >= 11 is 5.84. The number of halogens is 5. The Balaban J connectivity index is 1.96. The fourth-order valence-corrected chi connectivity index (χ4v) is 2.76. The molecule has 7 nitrogen and oxygen atoms in total. The van der Waals surface area contributed by atoms with Crippen LogP contribution in [0.2, 0.25) is 5.15 Å². The molecule has 12 heteroatoms. The summed E-state index contributed by atoms with van der Waals surface area (Å²) in [6.07, 6.45) is -4.72. The van der Waals surface area contributed by atoms with Crippen molar-refractivity contribution in [1.82, 2.24) is 15.2 Å². The Morgan fingerprint density at radius 1 is 1.31 bits per heavy atom. The van der Waals surface area contributed by atoms with E-state index in [1.165, 1.54) is 0 Å². The van der Waals surface area contributed by atoms with Crippen molar-refractivity contribution >= 4 is 29.0 Å². The number of nitrogens with zero attached hydrogens (tertiary/aromatic N) is 2. The third kappa shape index (κ3) is 3.94. The minimum absolute atomic E-state index is 0.0388. The predicted molar refractivity (Wildman–Crippen MR) is 97.0 cm³/mol. The van der Waals surface area contributed by atoms with Crippen molar-refractivity contribution < 1.29 is 27.5 Å². The number of phenols is 1. The summed E-state index contributed by atoms with van der Waals surface area (Å²) in [5, 5.41) is 18.8. The number of phenolic OH excluding ortho intramolecular Hbond substituents is 1. The van der Waals surface area contributed by atoms with E-state index in [4.69, 9.17) is 17.3 Å². The molecule has 0 bridgehead atoms. The highest BCUT2D eigenvalue weighted by Gasteiger charge is 2.34. The number of nitrogen functional groups attached to an aromatic ring is 1. The number of benzene rings is 1. The normalized spacial score (nSPS) is 11.5. The summed E-state index contributed by atoms with van der Waals surface area (Å²) in [7, 11) is 0. The van der Waals surface area contributed by atoms with Crippen LogP contribution in [-0.4, -0.2) is 26.2 Å². The van der Waals surface area contributed by atoms with Crippen LogP contribution in [0.25, 0.3) is 11.3 Å². The number of carbonyl (C=O) groups is 1. The lowest BCUT2D eigenvalue weighted by molar-refractivity contribution is -0.137. The van der Waals surface area contributed by atoms with E-state index in [0.29, 0.717) is 11.8 Å². The van der Waals surface area contributed by atoms with Crippen LogP contribution in [0.5, 0.6) is 5.75 Å². The van der Waals surface area contributed by atoms with E-state index >= 15 is 0 Å². The van der Waals surface area contributed by atoms with Crippen molar-refractivity contribution in [3.8, 4) is 17.0 Å². The number of aromatic hydroxyl groups is 1. The summed E-state index contributed by atoms with van der Waals surface area (Å²) < 4.78 is 52.9. The molecule has 1 amide bonds. The van der Waals surface area contributed by atoms with E-state index in [1.807, 2.05) is 0 Å². The van der Waals surface area contributed by atoms with Crippen molar-refractivity contribution in [2.75, 3.05) is 11.1 Å².